The van der Waals surface area contributed by atoms with E-state index in [0.29, 0.717) is 0 Å². The molecule has 2 rings (SSSR count). The number of primary sulfonamides is 1. The number of rotatable bonds is 9. The Balaban J connectivity index is 2.06. The summed E-state index contributed by atoms with van der Waals surface area (Å²) in [5, 5.41) is 7.43. The number of hydrogen-bond acceptors (Lipinski definition) is 7. The number of carbonyl (C=O) groups is 2. The highest BCUT2D eigenvalue weighted by molar-refractivity contribution is 7.89. The van der Waals surface area contributed by atoms with Crippen molar-refractivity contribution in [1.29, 1.82) is 0 Å². The van der Waals surface area contributed by atoms with Gasteiger partial charge in [-0.15, -0.1) is 0 Å². The average Bonchev–Trinajstić information content (AvgIpc) is 2.72. The molecule has 3 N–H and O–H groups in total. The summed E-state index contributed by atoms with van der Waals surface area (Å²) in [5.41, 5.74) is 0.122. The molecule has 2 aromatic rings. The predicted octanol–water partition coefficient (Wildman–Crippen LogP) is 1.16. The molecule has 0 fully saturated rings. The first-order valence-electron chi connectivity index (χ1n) is 9.19. The van der Waals surface area contributed by atoms with Crippen molar-refractivity contribution in [2.24, 2.45) is 5.14 Å². The monoisotopic (exact) mass is 469 g/mol. The molecule has 2 aromatic carbocycles. The number of nitrogens with one attached hydrogen (secondary N) is 1. The van der Waals surface area contributed by atoms with Crippen LogP contribution in [0.2, 0.25) is 0 Å². The van der Waals surface area contributed by atoms with Gasteiger partial charge in [0.1, 0.15) is 0 Å². The topological polar surface area (TPSA) is 153 Å². The van der Waals surface area contributed by atoms with Crippen LogP contribution in [0.1, 0.15) is 24.2 Å². The zero-order valence-corrected chi connectivity index (χ0v) is 18.6. The van der Waals surface area contributed by atoms with Gasteiger partial charge in [-0.05, 0) is 36.4 Å². The maximum Gasteiger partial charge on any atom is 0.338 e. The van der Waals surface area contributed by atoms with Crippen LogP contribution in [-0.2, 0) is 29.6 Å². The van der Waals surface area contributed by atoms with Crippen molar-refractivity contribution in [1.82, 2.24) is 4.31 Å². The molecule has 0 radical (unpaired) electrons. The third-order valence-corrected chi connectivity index (χ3v) is 7.15. The molecule has 0 spiro atoms. The van der Waals surface area contributed by atoms with E-state index < -0.39 is 38.5 Å². The lowest BCUT2D eigenvalue weighted by Gasteiger charge is -2.18. The highest BCUT2D eigenvalue weighted by Crippen LogP contribution is 2.18. The Bertz CT molecular complexity index is 1170. The molecular formula is C19H23N3O7S2. The van der Waals surface area contributed by atoms with Crippen LogP contribution >= 0.6 is 0 Å². The highest BCUT2D eigenvalue weighted by atomic mass is 32.2. The van der Waals surface area contributed by atoms with Crippen molar-refractivity contribution in [2.75, 3.05) is 25.0 Å². The molecule has 0 aliphatic rings. The lowest BCUT2D eigenvalue weighted by molar-refractivity contribution is -0.119. The van der Waals surface area contributed by atoms with E-state index in [0.717, 1.165) is 6.07 Å². The molecule has 0 unspecified atom stereocenters. The largest absolute Gasteiger partial charge is 0.452 e. The van der Waals surface area contributed by atoms with E-state index in [9.17, 15) is 26.4 Å². The van der Waals surface area contributed by atoms with Gasteiger partial charge >= 0.3 is 5.97 Å². The van der Waals surface area contributed by atoms with Gasteiger partial charge in [0.15, 0.2) is 6.61 Å². The van der Waals surface area contributed by atoms with Crippen molar-refractivity contribution in [2.45, 2.75) is 23.6 Å². The summed E-state index contributed by atoms with van der Waals surface area (Å²) in [6.07, 6.45) is 0. The molecule has 12 heteroatoms. The molecule has 168 valence electrons. The number of hydrogen-bond donors (Lipinski definition) is 2. The number of esters is 1. The zero-order chi connectivity index (χ0) is 23.2. The van der Waals surface area contributed by atoms with E-state index in [1.165, 1.54) is 46.8 Å². The summed E-state index contributed by atoms with van der Waals surface area (Å²) in [6.45, 7) is 3.30. The van der Waals surface area contributed by atoms with Gasteiger partial charge in [0, 0.05) is 18.8 Å². The van der Waals surface area contributed by atoms with E-state index in [1.54, 1.807) is 13.8 Å². The van der Waals surface area contributed by atoms with Gasteiger partial charge < -0.3 is 10.1 Å². The molecule has 0 aliphatic carbocycles. The fourth-order valence-corrected chi connectivity index (χ4v) is 4.72. The summed E-state index contributed by atoms with van der Waals surface area (Å²) in [6, 6.07) is 10.6. The number of sulfonamides is 2. The minimum atomic E-state index is -3.94. The van der Waals surface area contributed by atoms with Crippen LogP contribution in [0.15, 0.2) is 58.3 Å². The Labute approximate surface area is 181 Å². The maximum atomic E-state index is 12.6. The quantitative estimate of drug-likeness (QED) is 0.523. The summed E-state index contributed by atoms with van der Waals surface area (Å²) in [4.78, 5) is 24.1. The second-order valence-corrected chi connectivity index (χ2v) is 9.81. The van der Waals surface area contributed by atoms with Crippen molar-refractivity contribution in [3.63, 3.8) is 0 Å². The van der Waals surface area contributed by atoms with E-state index in [4.69, 9.17) is 9.88 Å². The molecule has 0 saturated heterocycles. The normalized spacial score (nSPS) is 11.9. The van der Waals surface area contributed by atoms with Crippen LogP contribution in [0.25, 0.3) is 0 Å². The molecule has 0 bridgehead atoms. The lowest BCUT2D eigenvalue weighted by atomic mass is 10.2. The Hall–Kier alpha value is -2.80. The number of carbonyl (C=O) groups excluding carboxylic acids is 2. The fraction of sp³-hybridized carbons (Fsp3) is 0.263. The number of benzene rings is 2. The van der Waals surface area contributed by atoms with Crippen molar-refractivity contribution in [3.8, 4) is 0 Å². The van der Waals surface area contributed by atoms with Gasteiger partial charge in [-0.3, -0.25) is 4.79 Å². The molecule has 0 heterocycles. The molecule has 0 saturated carbocycles. The number of amides is 1. The Morgan fingerprint density at radius 2 is 1.58 bits per heavy atom. The molecule has 31 heavy (non-hydrogen) atoms. The summed E-state index contributed by atoms with van der Waals surface area (Å²) >= 11 is 0. The molecule has 10 nitrogen and oxygen atoms in total. The fourth-order valence-electron chi connectivity index (χ4n) is 2.66. The minimum absolute atomic E-state index is 0.0303. The number of nitrogens with zero attached hydrogens (tertiary/aromatic N) is 1. The van der Waals surface area contributed by atoms with E-state index in [1.807, 2.05) is 0 Å². The van der Waals surface area contributed by atoms with Gasteiger partial charge in [0.2, 0.25) is 20.0 Å². The molecule has 1 amide bonds. The molecule has 0 atom stereocenters. The third-order valence-electron chi connectivity index (χ3n) is 4.19. The average molecular weight is 470 g/mol. The van der Waals surface area contributed by atoms with Crippen molar-refractivity contribution >= 4 is 37.6 Å². The lowest BCUT2D eigenvalue weighted by Crippen LogP contribution is -2.30. The van der Waals surface area contributed by atoms with Gasteiger partial charge in [0.25, 0.3) is 5.91 Å². The highest BCUT2D eigenvalue weighted by Gasteiger charge is 2.23. The van der Waals surface area contributed by atoms with Gasteiger partial charge in [-0.25, -0.2) is 26.8 Å². The van der Waals surface area contributed by atoms with Crippen molar-refractivity contribution < 1.29 is 31.2 Å². The number of nitrogens with two attached hydrogens (primary N) is 1. The Morgan fingerprint density at radius 1 is 0.968 bits per heavy atom. The van der Waals surface area contributed by atoms with Crippen LogP contribution in [0, 0.1) is 0 Å². The minimum Gasteiger partial charge on any atom is -0.452 e. The second-order valence-electron chi connectivity index (χ2n) is 6.31. The van der Waals surface area contributed by atoms with Crippen LogP contribution in [0.4, 0.5) is 5.69 Å². The van der Waals surface area contributed by atoms with Gasteiger partial charge in [-0.1, -0.05) is 26.0 Å². The van der Waals surface area contributed by atoms with Crippen LogP contribution < -0.4 is 10.5 Å². The van der Waals surface area contributed by atoms with E-state index in [2.05, 4.69) is 5.32 Å². The Kier molecular flexibility index (Phi) is 7.90. The van der Waals surface area contributed by atoms with Crippen LogP contribution in [0.5, 0.6) is 0 Å². The van der Waals surface area contributed by atoms with Crippen molar-refractivity contribution in [3.05, 3.63) is 54.1 Å². The number of anilines is 1. The van der Waals surface area contributed by atoms with Crippen LogP contribution in [0.3, 0.4) is 0 Å². The number of ether oxygens (including phenoxy) is 1. The first-order valence-corrected chi connectivity index (χ1v) is 12.2. The molecule has 0 aliphatic heterocycles. The Morgan fingerprint density at radius 3 is 2.19 bits per heavy atom. The maximum absolute atomic E-state index is 12.6. The molecular weight excluding hydrogens is 446 g/mol. The van der Waals surface area contributed by atoms with Gasteiger partial charge in [0.05, 0.1) is 15.4 Å². The summed E-state index contributed by atoms with van der Waals surface area (Å²) in [7, 11) is -7.70. The van der Waals surface area contributed by atoms with E-state index in [-0.39, 0.29) is 34.1 Å². The summed E-state index contributed by atoms with van der Waals surface area (Å²) in [5.74, 6) is -1.60. The van der Waals surface area contributed by atoms with E-state index >= 15 is 0 Å². The van der Waals surface area contributed by atoms with Crippen LogP contribution in [-0.4, -0.2) is 52.7 Å². The second kappa shape index (κ2) is 10.0. The zero-order valence-electron chi connectivity index (χ0n) is 16.9. The predicted molar refractivity (Wildman–Crippen MR) is 113 cm³/mol. The molecule has 0 aromatic heterocycles. The third kappa shape index (κ3) is 6.34. The first-order chi connectivity index (χ1) is 14.5. The smallest absolute Gasteiger partial charge is 0.338 e. The SMILES string of the molecule is CCN(CC)S(=O)(=O)c1cccc(C(=O)OCC(=O)Nc2cccc(S(N)(=O)=O)c2)c1. The summed E-state index contributed by atoms with van der Waals surface area (Å²) < 4.78 is 54.1. The first kappa shape index (κ1) is 24.5. The standard InChI is InChI=1S/C19H23N3O7S2/c1-3-22(4-2)31(27,28)17-10-5-7-14(11-17)19(24)29-13-18(23)21-15-8-6-9-16(12-15)30(20,25)26/h5-12H,3-4,13H2,1-2H3,(H,21,23)(H2,20,25,26). The van der Waals surface area contributed by atoms with Gasteiger partial charge in [-0.2, -0.15) is 4.31 Å².